The van der Waals surface area contributed by atoms with Gasteiger partial charge in [-0.1, -0.05) is 0 Å². The second-order valence-electron chi connectivity index (χ2n) is 4.98. The number of anilines is 1. The molecule has 10 heteroatoms. The molecule has 1 aromatic heterocycles. The fourth-order valence-corrected chi connectivity index (χ4v) is 2.88. The number of Topliss-reactive ketones (excluding diaryl/α,β-unsaturated/α-hetero) is 1. The van der Waals surface area contributed by atoms with E-state index in [1.54, 1.807) is 19.9 Å². The van der Waals surface area contributed by atoms with Gasteiger partial charge in [-0.05, 0) is 33.8 Å². The van der Waals surface area contributed by atoms with Crippen LogP contribution in [0.15, 0.2) is 16.7 Å². The van der Waals surface area contributed by atoms with Crippen molar-refractivity contribution in [1.29, 1.82) is 0 Å². The molecule has 0 aliphatic heterocycles. The molecule has 1 heterocycles. The van der Waals surface area contributed by atoms with E-state index in [0.29, 0.717) is 11.4 Å². The standard InChI is InChI=1S/C13H19N5O4S/c1-7-6-8(2)16-12(15-7)17-13(20)18(5)9(3)11(10(4)19)23(14,21)22/h6H,1-5H3,(H2,14,21,22)(H,15,16,17,20)/b11-9+. The van der Waals surface area contributed by atoms with Crippen molar-refractivity contribution in [2.45, 2.75) is 27.7 Å². The number of ketones is 1. The van der Waals surface area contributed by atoms with Crippen LogP contribution in [-0.2, 0) is 14.8 Å². The molecule has 9 nitrogen and oxygen atoms in total. The number of allylic oxidation sites excluding steroid dienone is 2. The van der Waals surface area contributed by atoms with Crippen molar-refractivity contribution in [3.8, 4) is 0 Å². The summed E-state index contributed by atoms with van der Waals surface area (Å²) in [7, 11) is -2.94. The van der Waals surface area contributed by atoms with Crippen molar-refractivity contribution in [1.82, 2.24) is 14.9 Å². The first kappa shape index (κ1) is 18.7. The Balaban J connectivity index is 3.14. The summed E-state index contributed by atoms with van der Waals surface area (Å²) in [4.78, 5) is 32.1. The van der Waals surface area contributed by atoms with Gasteiger partial charge >= 0.3 is 6.03 Å². The molecule has 0 saturated heterocycles. The SMILES string of the molecule is CC(=O)/C(=C(/C)N(C)C(=O)Nc1nc(C)cc(C)n1)S(N)(=O)=O. The van der Waals surface area contributed by atoms with Gasteiger partial charge in [-0.15, -0.1) is 0 Å². The van der Waals surface area contributed by atoms with Crippen LogP contribution in [0.4, 0.5) is 10.7 Å². The van der Waals surface area contributed by atoms with Crippen molar-refractivity contribution in [3.63, 3.8) is 0 Å². The lowest BCUT2D eigenvalue weighted by atomic mass is 10.3. The van der Waals surface area contributed by atoms with Crippen LogP contribution >= 0.6 is 0 Å². The van der Waals surface area contributed by atoms with Crippen LogP contribution in [0.5, 0.6) is 0 Å². The van der Waals surface area contributed by atoms with E-state index in [-0.39, 0.29) is 11.6 Å². The van der Waals surface area contributed by atoms with Gasteiger partial charge in [-0.3, -0.25) is 15.0 Å². The minimum absolute atomic E-state index is 0.0760. The van der Waals surface area contributed by atoms with Crippen molar-refractivity contribution in [3.05, 3.63) is 28.1 Å². The van der Waals surface area contributed by atoms with E-state index in [1.807, 2.05) is 0 Å². The second-order valence-corrected chi connectivity index (χ2v) is 6.48. The van der Waals surface area contributed by atoms with Crippen LogP contribution in [0.3, 0.4) is 0 Å². The maximum atomic E-state index is 12.2. The molecule has 0 fully saturated rings. The van der Waals surface area contributed by atoms with Gasteiger partial charge in [0, 0.05) is 24.1 Å². The summed E-state index contributed by atoms with van der Waals surface area (Å²) in [5.74, 6) is -0.681. The molecule has 0 bridgehead atoms. The number of carbonyl (C=O) groups excluding carboxylic acids is 2. The van der Waals surface area contributed by atoms with E-state index in [9.17, 15) is 18.0 Å². The van der Waals surface area contributed by atoms with Crippen LogP contribution in [0, 0.1) is 13.8 Å². The topological polar surface area (TPSA) is 135 Å². The van der Waals surface area contributed by atoms with E-state index in [1.165, 1.54) is 14.0 Å². The number of primary sulfonamides is 1. The zero-order valence-corrected chi connectivity index (χ0v) is 14.4. The Hall–Kier alpha value is -2.33. The normalized spacial score (nSPS) is 12.4. The summed E-state index contributed by atoms with van der Waals surface area (Å²) in [5, 5.41) is 7.46. The fourth-order valence-electron chi connectivity index (χ4n) is 1.93. The lowest BCUT2D eigenvalue weighted by molar-refractivity contribution is -0.113. The highest BCUT2D eigenvalue weighted by atomic mass is 32.2. The maximum Gasteiger partial charge on any atom is 0.328 e. The summed E-state index contributed by atoms with van der Waals surface area (Å²) in [6.45, 7) is 5.85. The Morgan fingerprint density at radius 2 is 1.65 bits per heavy atom. The monoisotopic (exact) mass is 341 g/mol. The number of hydrogen-bond acceptors (Lipinski definition) is 6. The number of aromatic nitrogens is 2. The number of nitrogens with zero attached hydrogens (tertiary/aromatic N) is 3. The Morgan fingerprint density at radius 1 is 1.17 bits per heavy atom. The van der Waals surface area contributed by atoms with Gasteiger partial charge in [0.2, 0.25) is 16.0 Å². The van der Waals surface area contributed by atoms with Gasteiger partial charge in [0.1, 0.15) is 4.91 Å². The molecule has 0 saturated carbocycles. The Morgan fingerprint density at radius 3 is 2.04 bits per heavy atom. The van der Waals surface area contributed by atoms with E-state index in [4.69, 9.17) is 5.14 Å². The lowest BCUT2D eigenvalue weighted by Gasteiger charge is -2.20. The minimum atomic E-state index is -4.25. The van der Waals surface area contributed by atoms with Gasteiger partial charge in [0.15, 0.2) is 5.78 Å². The molecule has 0 atom stereocenters. The number of aryl methyl sites for hydroxylation is 2. The van der Waals surface area contributed by atoms with Crippen molar-refractivity contribution < 1.29 is 18.0 Å². The van der Waals surface area contributed by atoms with Crippen molar-refractivity contribution in [2.24, 2.45) is 5.14 Å². The molecule has 1 rings (SSSR count). The first-order valence-corrected chi connectivity index (χ1v) is 8.09. The smallest absolute Gasteiger partial charge is 0.300 e. The van der Waals surface area contributed by atoms with Crippen LogP contribution in [0.1, 0.15) is 25.2 Å². The maximum absolute atomic E-state index is 12.2. The molecule has 0 unspecified atom stereocenters. The molecule has 1 aromatic rings. The largest absolute Gasteiger partial charge is 0.328 e. The molecular formula is C13H19N5O4S. The summed E-state index contributed by atoms with van der Waals surface area (Å²) >= 11 is 0. The number of nitrogens with one attached hydrogen (secondary N) is 1. The van der Waals surface area contributed by atoms with E-state index in [0.717, 1.165) is 11.8 Å². The van der Waals surface area contributed by atoms with Gasteiger partial charge in [-0.2, -0.15) is 0 Å². The minimum Gasteiger partial charge on any atom is -0.300 e. The van der Waals surface area contributed by atoms with E-state index in [2.05, 4.69) is 15.3 Å². The number of rotatable bonds is 4. The van der Waals surface area contributed by atoms with E-state index < -0.39 is 26.7 Å². The van der Waals surface area contributed by atoms with Crippen molar-refractivity contribution in [2.75, 3.05) is 12.4 Å². The molecule has 126 valence electrons. The third-order valence-electron chi connectivity index (χ3n) is 2.94. The van der Waals surface area contributed by atoms with Gasteiger partial charge in [0.25, 0.3) is 0 Å². The molecule has 2 amide bonds. The second kappa shape index (κ2) is 6.84. The summed E-state index contributed by atoms with van der Waals surface area (Å²) < 4.78 is 23.0. The average Bonchev–Trinajstić information content (AvgIpc) is 2.33. The number of urea groups is 1. The Labute approximate surface area is 134 Å². The molecule has 0 aromatic carbocycles. The average molecular weight is 341 g/mol. The quantitative estimate of drug-likeness (QED) is 0.772. The lowest BCUT2D eigenvalue weighted by Crippen LogP contribution is -2.34. The summed E-state index contributed by atoms with van der Waals surface area (Å²) in [6, 6.07) is 1.04. The molecule has 3 N–H and O–H groups in total. The van der Waals surface area contributed by atoms with Crippen LogP contribution in [0.2, 0.25) is 0 Å². The molecule has 23 heavy (non-hydrogen) atoms. The molecule has 0 spiro atoms. The Kier molecular flexibility index (Phi) is 5.56. The first-order valence-electron chi connectivity index (χ1n) is 6.55. The van der Waals surface area contributed by atoms with Crippen LogP contribution < -0.4 is 10.5 Å². The van der Waals surface area contributed by atoms with Gasteiger partial charge in [0.05, 0.1) is 0 Å². The number of amides is 2. The zero-order chi connectivity index (χ0) is 17.9. The highest BCUT2D eigenvalue weighted by molar-refractivity contribution is 7.94. The predicted octanol–water partition coefficient (Wildman–Crippen LogP) is 0.666. The predicted molar refractivity (Wildman–Crippen MR) is 84.8 cm³/mol. The number of nitrogens with two attached hydrogens (primary N) is 1. The first-order chi connectivity index (χ1) is 10.4. The highest BCUT2D eigenvalue weighted by Crippen LogP contribution is 2.15. The Bertz CT molecular complexity index is 765. The number of sulfonamides is 1. The molecule has 0 radical (unpaired) electrons. The van der Waals surface area contributed by atoms with Gasteiger partial charge < -0.3 is 0 Å². The number of carbonyl (C=O) groups is 2. The third kappa shape index (κ3) is 4.83. The van der Waals surface area contributed by atoms with E-state index >= 15 is 0 Å². The van der Waals surface area contributed by atoms with Crippen LogP contribution in [-0.4, -0.2) is 42.1 Å². The fraction of sp³-hybridized carbons (Fsp3) is 0.385. The molecule has 0 aliphatic rings. The van der Waals surface area contributed by atoms with Crippen LogP contribution in [0.25, 0.3) is 0 Å². The van der Waals surface area contributed by atoms with Crippen molar-refractivity contribution >= 4 is 27.8 Å². The van der Waals surface area contributed by atoms with Gasteiger partial charge in [-0.25, -0.2) is 28.3 Å². The molecule has 0 aliphatic carbocycles. The molecular weight excluding hydrogens is 322 g/mol. The summed E-state index contributed by atoms with van der Waals surface area (Å²) in [5.41, 5.74) is 1.23. The highest BCUT2D eigenvalue weighted by Gasteiger charge is 2.25. The third-order valence-corrected chi connectivity index (χ3v) is 4.09. The summed E-state index contributed by atoms with van der Waals surface area (Å²) in [6.07, 6.45) is 0. The number of hydrogen-bond donors (Lipinski definition) is 2. The zero-order valence-electron chi connectivity index (χ0n) is 13.5.